The van der Waals surface area contributed by atoms with Gasteiger partial charge < -0.3 is 14.3 Å². The summed E-state index contributed by atoms with van der Waals surface area (Å²) in [5, 5.41) is 8.94. The van der Waals surface area contributed by atoms with Crippen molar-refractivity contribution in [2.45, 2.75) is 59.3 Å². The molecule has 0 bridgehead atoms. The lowest BCUT2D eigenvalue weighted by molar-refractivity contribution is -0.117. The molecule has 32 heavy (non-hydrogen) atoms. The number of ketones is 1. The van der Waals surface area contributed by atoms with Gasteiger partial charge in [0.05, 0.1) is 19.9 Å². The monoisotopic (exact) mass is 435 g/mol. The average molecular weight is 436 g/mol. The largest absolute Gasteiger partial charge is 0.493 e. The van der Waals surface area contributed by atoms with Gasteiger partial charge in [0.2, 0.25) is 0 Å². The van der Waals surface area contributed by atoms with Gasteiger partial charge in [-0.25, -0.2) is 0 Å². The van der Waals surface area contributed by atoms with Gasteiger partial charge in [0.25, 0.3) is 0 Å². The zero-order valence-corrected chi connectivity index (χ0v) is 20.1. The normalized spacial score (nSPS) is 13.0. The van der Waals surface area contributed by atoms with E-state index in [0.29, 0.717) is 12.2 Å². The van der Waals surface area contributed by atoms with Crippen LogP contribution in [0, 0.1) is 6.92 Å². The lowest BCUT2D eigenvalue weighted by atomic mass is 9.89. The summed E-state index contributed by atoms with van der Waals surface area (Å²) in [4.78, 5) is 11.8. The predicted octanol–water partition coefficient (Wildman–Crippen LogP) is 5.39. The summed E-state index contributed by atoms with van der Waals surface area (Å²) in [5.74, 6) is 3.27. The van der Waals surface area contributed by atoms with E-state index in [9.17, 15) is 4.79 Å². The van der Waals surface area contributed by atoms with Crippen LogP contribution in [0.4, 0.5) is 0 Å². The molecule has 0 spiro atoms. The third-order valence-corrected chi connectivity index (χ3v) is 5.90. The molecule has 3 aromatic rings. The number of benzene rings is 2. The molecule has 3 rings (SSSR count). The molecule has 170 valence electrons. The summed E-state index contributed by atoms with van der Waals surface area (Å²) >= 11 is 0. The summed E-state index contributed by atoms with van der Waals surface area (Å²) < 4.78 is 13.4. The maximum absolute atomic E-state index is 11.8. The number of ether oxygens (including phenoxy) is 2. The molecule has 1 aromatic heterocycles. The molecule has 0 amide bonds. The number of methoxy groups -OCH3 is 2. The Labute approximate surface area is 190 Å². The smallest absolute Gasteiger partial charge is 0.164 e. The first-order valence-electron chi connectivity index (χ1n) is 11.1. The molecule has 6 heteroatoms. The van der Waals surface area contributed by atoms with Crippen LogP contribution in [0.2, 0.25) is 0 Å². The van der Waals surface area contributed by atoms with Gasteiger partial charge in [-0.05, 0) is 31.5 Å². The predicted molar refractivity (Wildman–Crippen MR) is 126 cm³/mol. The summed E-state index contributed by atoms with van der Waals surface area (Å²) in [6.07, 6.45) is 1.17. The molecule has 0 radical (unpaired) electrons. The van der Waals surface area contributed by atoms with E-state index < -0.39 is 0 Å². The van der Waals surface area contributed by atoms with E-state index in [2.05, 4.69) is 59.8 Å². The van der Waals surface area contributed by atoms with E-state index in [1.165, 1.54) is 5.56 Å². The minimum atomic E-state index is -0.0314. The van der Waals surface area contributed by atoms with Gasteiger partial charge in [-0.15, -0.1) is 10.2 Å². The highest BCUT2D eigenvalue weighted by Crippen LogP contribution is 2.40. The van der Waals surface area contributed by atoms with Gasteiger partial charge in [0.15, 0.2) is 11.5 Å². The zero-order chi connectivity index (χ0) is 23.4. The minimum Gasteiger partial charge on any atom is -0.493 e. The van der Waals surface area contributed by atoms with Gasteiger partial charge in [-0.2, -0.15) is 0 Å². The topological polar surface area (TPSA) is 66.2 Å². The first kappa shape index (κ1) is 23.5. The van der Waals surface area contributed by atoms with Crippen molar-refractivity contribution in [2.24, 2.45) is 0 Å². The molecule has 0 aliphatic carbocycles. The quantitative estimate of drug-likeness (QED) is 0.451. The molecule has 2 unspecified atom stereocenters. The van der Waals surface area contributed by atoms with Crippen LogP contribution in [-0.4, -0.2) is 34.8 Å². The standard InChI is InChI=1S/C26H33N3O3/c1-8-24-27-28-26(17(3)15-18(4)30)29(24)22-13-12-16(2)14-21(22)19(5)20-10-9-11-23(31-6)25(20)32-7/h9-14,17,19H,8,15H2,1-7H3. The van der Waals surface area contributed by atoms with Crippen LogP contribution in [-0.2, 0) is 11.2 Å². The summed E-state index contributed by atoms with van der Waals surface area (Å²) in [6, 6.07) is 12.4. The fourth-order valence-electron chi connectivity index (χ4n) is 4.31. The van der Waals surface area contributed by atoms with E-state index in [0.717, 1.165) is 40.6 Å². The maximum Gasteiger partial charge on any atom is 0.164 e. The molecular weight excluding hydrogens is 402 g/mol. The fraction of sp³-hybridized carbons (Fsp3) is 0.423. The van der Waals surface area contributed by atoms with Gasteiger partial charge in [-0.1, -0.05) is 50.6 Å². The number of hydrogen-bond donors (Lipinski definition) is 0. The molecule has 1 heterocycles. The summed E-state index contributed by atoms with van der Waals surface area (Å²) in [6.45, 7) is 9.98. The van der Waals surface area contributed by atoms with Crippen molar-refractivity contribution in [3.05, 3.63) is 64.7 Å². The number of hydrogen-bond acceptors (Lipinski definition) is 5. The summed E-state index contributed by atoms with van der Waals surface area (Å²) in [5.41, 5.74) is 4.38. The third-order valence-electron chi connectivity index (χ3n) is 5.90. The number of carbonyl (C=O) groups excluding carboxylic acids is 1. The lowest BCUT2D eigenvalue weighted by Gasteiger charge is -2.23. The first-order valence-corrected chi connectivity index (χ1v) is 11.1. The van der Waals surface area contributed by atoms with Crippen molar-refractivity contribution >= 4 is 5.78 Å². The first-order chi connectivity index (χ1) is 15.3. The Balaban J connectivity index is 2.22. The molecule has 0 saturated heterocycles. The van der Waals surface area contributed by atoms with Crippen LogP contribution in [0.3, 0.4) is 0 Å². The molecule has 0 fully saturated rings. The van der Waals surface area contributed by atoms with Crippen LogP contribution in [0.5, 0.6) is 11.5 Å². The number of nitrogens with zero attached hydrogens (tertiary/aromatic N) is 3. The average Bonchev–Trinajstić information content (AvgIpc) is 3.21. The van der Waals surface area contributed by atoms with Crippen molar-refractivity contribution in [1.29, 1.82) is 0 Å². The zero-order valence-electron chi connectivity index (χ0n) is 20.1. The second kappa shape index (κ2) is 9.98. The highest BCUT2D eigenvalue weighted by Gasteiger charge is 2.25. The van der Waals surface area contributed by atoms with Crippen molar-refractivity contribution in [3.63, 3.8) is 0 Å². The fourth-order valence-corrected chi connectivity index (χ4v) is 4.31. The minimum absolute atomic E-state index is 0.0259. The van der Waals surface area contributed by atoms with Crippen molar-refractivity contribution < 1.29 is 14.3 Å². The molecule has 0 aliphatic heterocycles. The lowest BCUT2D eigenvalue weighted by Crippen LogP contribution is -2.13. The third kappa shape index (κ3) is 4.54. The molecule has 6 nitrogen and oxygen atoms in total. The second-order valence-corrected chi connectivity index (χ2v) is 8.34. The number of aromatic nitrogens is 3. The van der Waals surface area contributed by atoms with E-state index in [4.69, 9.17) is 9.47 Å². The number of Topliss-reactive ketones (excluding diaryl/α,β-unsaturated/α-hetero) is 1. The number of rotatable bonds is 9. The number of carbonyl (C=O) groups is 1. The van der Waals surface area contributed by atoms with Crippen molar-refractivity contribution in [3.8, 4) is 17.2 Å². The Hall–Kier alpha value is -3.15. The molecule has 0 saturated carbocycles. The van der Waals surface area contributed by atoms with Crippen LogP contribution < -0.4 is 9.47 Å². The van der Waals surface area contributed by atoms with Crippen LogP contribution in [0.25, 0.3) is 5.69 Å². The van der Waals surface area contributed by atoms with Crippen molar-refractivity contribution in [2.75, 3.05) is 14.2 Å². The molecule has 0 N–H and O–H groups in total. The van der Waals surface area contributed by atoms with E-state index in [1.807, 2.05) is 19.1 Å². The SMILES string of the molecule is CCc1nnc(C(C)CC(C)=O)n1-c1ccc(C)cc1C(C)c1cccc(OC)c1OC. The Morgan fingerprint density at radius 1 is 1.06 bits per heavy atom. The van der Waals surface area contributed by atoms with Gasteiger partial charge in [0, 0.05) is 30.2 Å². The van der Waals surface area contributed by atoms with Gasteiger partial charge in [0.1, 0.15) is 17.4 Å². The highest BCUT2D eigenvalue weighted by molar-refractivity contribution is 5.76. The molecule has 0 aliphatic rings. The summed E-state index contributed by atoms with van der Waals surface area (Å²) in [7, 11) is 3.32. The Kier molecular flexibility index (Phi) is 7.33. The van der Waals surface area contributed by atoms with E-state index in [-0.39, 0.29) is 17.6 Å². The second-order valence-electron chi connectivity index (χ2n) is 8.34. The van der Waals surface area contributed by atoms with Crippen molar-refractivity contribution in [1.82, 2.24) is 14.8 Å². The Morgan fingerprint density at radius 3 is 2.44 bits per heavy atom. The van der Waals surface area contributed by atoms with Crippen LogP contribution in [0.15, 0.2) is 36.4 Å². The van der Waals surface area contributed by atoms with Gasteiger partial charge >= 0.3 is 0 Å². The molecular formula is C26H33N3O3. The Bertz CT molecular complexity index is 1100. The van der Waals surface area contributed by atoms with E-state index >= 15 is 0 Å². The maximum atomic E-state index is 11.8. The highest BCUT2D eigenvalue weighted by atomic mass is 16.5. The van der Waals surface area contributed by atoms with Crippen LogP contribution in [0.1, 0.15) is 74.3 Å². The molecule has 2 aromatic carbocycles. The molecule has 2 atom stereocenters. The number of aryl methyl sites for hydroxylation is 2. The van der Waals surface area contributed by atoms with Crippen LogP contribution >= 0.6 is 0 Å². The van der Waals surface area contributed by atoms with E-state index in [1.54, 1.807) is 21.1 Å². The Morgan fingerprint density at radius 2 is 1.81 bits per heavy atom. The van der Waals surface area contributed by atoms with Gasteiger partial charge in [-0.3, -0.25) is 4.57 Å². The number of para-hydroxylation sites is 1.